The molecule has 0 N–H and O–H groups in total. The Hall–Kier alpha value is -0.530. The molecule has 0 aliphatic rings. The Bertz CT molecular complexity index is 177. The van der Waals surface area contributed by atoms with Crippen molar-refractivity contribution >= 4 is 5.97 Å². The molecule has 0 fully saturated rings. The van der Waals surface area contributed by atoms with Crippen molar-refractivity contribution in [3.8, 4) is 0 Å². The largest absolute Gasteiger partial charge is 0.460 e. The van der Waals surface area contributed by atoms with Gasteiger partial charge in [-0.1, -0.05) is 20.8 Å². The molecule has 0 saturated heterocycles. The molecule has 0 aromatic rings. The Labute approximate surface area is 88.0 Å². The summed E-state index contributed by atoms with van der Waals surface area (Å²) in [5, 5.41) is 0. The Morgan fingerprint density at radius 1 is 1.29 bits per heavy atom. The first-order chi connectivity index (χ1) is 6.20. The summed E-state index contributed by atoms with van der Waals surface area (Å²) >= 11 is 0. The molecule has 14 heavy (non-hydrogen) atoms. The maximum atomic E-state index is 11.4. The summed E-state index contributed by atoms with van der Waals surface area (Å²) in [4.78, 5) is 11.4. The van der Waals surface area contributed by atoms with Crippen LogP contribution in [-0.2, 0) is 9.53 Å². The van der Waals surface area contributed by atoms with Crippen molar-refractivity contribution in [1.29, 1.82) is 0 Å². The predicted molar refractivity (Wildman–Crippen MR) is 58.8 cm³/mol. The molecule has 0 bridgehead atoms. The molecule has 0 heterocycles. The second kappa shape index (κ2) is 5.38. The van der Waals surface area contributed by atoms with E-state index in [9.17, 15) is 4.79 Å². The number of hydrogen-bond donors (Lipinski definition) is 0. The molecule has 1 radical (unpaired) electrons. The molecule has 2 heteroatoms. The van der Waals surface area contributed by atoms with Crippen molar-refractivity contribution in [2.24, 2.45) is 5.92 Å². The van der Waals surface area contributed by atoms with Gasteiger partial charge in [0.05, 0.1) is 6.42 Å². The Balaban J connectivity index is 3.83. The van der Waals surface area contributed by atoms with Crippen LogP contribution in [0.25, 0.3) is 0 Å². The Kier molecular flexibility index (Phi) is 5.17. The van der Waals surface area contributed by atoms with Crippen molar-refractivity contribution in [2.75, 3.05) is 0 Å². The summed E-state index contributed by atoms with van der Waals surface area (Å²) in [6.45, 7) is 12.0. The van der Waals surface area contributed by atoms with Gasteiger partial charge >= 0.3 is 5.97 Å². The van der Waals surface area contributed by atoms with Gasteiger partial charge in [0.1, 0.15) is 5.60 Å². The fraction of sp³-hybridized carbons (Fsp3) is 0.833. The molecule has 0 rings (SSSR count). The second-order valence-corrected chi connectivity index (χ2v) is 5.32. The molecule has 83 valence electrons. The van der Waals surface area contributed by atoms with Gasteiger partial charge in [0.25, 0.3) is 0 Å². The average Bonchev–Trinajstić information content (AvgIpc) is 1.77. The van der Waals surface area contributed by atoms with Crippen LogP contribution in [0.15, 0.2) is 0 Å². The van der Waals surface area contributed by atoms with Crippen LogP contribution in [0, 0.1) is 11.8 Å². The number of esters is 1. The van der Waals surface area contributed by atoms with Crippen LogP contribution in [0.3, 0.4) is 0 Å². The van der Waals surface area contributed by atoms with Gasteiger partial charge in [0, 0.05) is 0 Å². The molecule has 0 aliphatic heterocycles. The number of rotatable bonds is 4. The highest BCUT2D eigenvalue weighted by atomic mass is 16.6. The summed E-state index contributed by atoms with van der Waals surface area (Å²) in [5.74, 6) is 1.70. The summed E-state index contributed by atoms with van der Waals surface area (Å²) < 4.78 is 5.23. The second-order valence-electron chi connectivity index (χ2n) is 5.32. The van der Waals surface area contributed by atoms with Gasteiger partial charge in [-0.25, -0.2) is 0 Å². The van der Waals surface area contributed by atoms with Crippen molar-refractivity contribution < 1.29 is 9.53 Å². The highest BCUT2D eigenvalue weighted by molar-refractivity contribution is 5.71. The van der Waals surface area contributed by atoms with Gasteiger partial charge in [-0.2, -0.15) is 0 Å². The lowest BCUT2D eigenvalue weighted by atomic mass is 9.96. The zero-order valence-corrected chi connectivity index (χ0v) is 10.3. The van der Waals surface area contributed by atoms with E-state index >= 15 is 0 Å². The van der Waals surface area contributed by atoms with Crippen molar-refractivity contribution in [2.45, 2.75) is 60.0 Å². The highest BCUT2D eigenvalue weighted by Gasteiger charge is 2.18. The predicted octanol–water partition coefficient (Wildman–Crippen LogP) is 3.36. The third-order valence-electron chi connectivity index (χ3n) is 1.62. The lowest BCUT2D eigenvalue weighted by molar-refractivity contribution is -0.154. The van der Waals surface area contributed by atoms with Crippen LogP contribution in [-0.4, -0.2) is 11.6 Å². The number of carbonyl (C=O) groups excluding carboxylic acids is 1. The zero-order chi connectivity index (χ0) is 11.4. The van der Waals surface area contributed by atoms with Crippen LogP contribution in [0.5, 0.6) is 0 Å². The maximum Gasteiger partial charge on any atom is 0.306 e. The highest BCUT2D eigenvalue weighted by Crippen LogP contribution is 2.19. The molecule has 0 aromatic carbocycles. The quantitative estimate of drug-likeness (QED) is 0.649. The third-order valence-corrected chi connectivity index (χ3v) is 1.62. The molecule has 0 saturated carbocycles. The minimum Gasteiger partial charge on any atom is -0.460 e. The minimum absolute atomic E-state index is 0.115. The van der Waals surface area contributed by atoms with E-state index in [-0.39, 0.29) is 11.6 Å². The number of hydrogen-bond acceptors (Lipinski definition) is 2. The molecule has 0 aromatic heterocycles. The number of carbonyl (C=O) groups is 1. The molecule has 0 amide bonds. The van der Waals surface area contributed by atoms with E-state index in [1.807, 2.05) is 27.7 Å². The van der Waals surface area contributed by atoms with Gasteiger partial charge in [0.15, 0.2) is 0 Å². The van der Waals surface area contributed by atoms with E-state index in [1.165, 1.54) is 5.92 Å². The third kappa shape index (κ3) is 8.09. The lowest BCUT2D eigenvalue weighted by Crippen LogP contribution is -2.24. The molecule has 0 aliphatic carbocycles. The van der Waals surface area contributed by atoms with Gasteiger partial charge in [0.2, 0.25) is 0 Å². The van der Waals surface area contributed by atoms with E-state index in [0.29, 0.717) is 12.3 Å². The van der Waals surface area contributed by atoms with Crippen LogP contribution < -0.4 is 0 Å². The van der Waals surface area contributed by atoms with Crippen LogP contribution in [0.2, 0.25) is 0 Å². The normalized spacial score (nSPS) is 12.3. The van der Waals surface area contributed by atoms with E-state index in [1.54, 1.807) is 0 Å². The fourth-order valence-corrected chi connectivity index (χ4v) is 1.39. The van der Waals surface area contributed by atoms with E-state index in [2.05, 4.69) is 13.8 Å². The zero-order valence-electron chi connectivity index (χ0n) is 10.3. The molecule has 0 unspecified atom stereocenters. The van der Waals surface area contributed by atoms with Crippen molar-refractivity contribution in [3.63, 3.8) is 0 Å². The topological polar surface area (TPSA) is 26.3 Å². The first-order valence-corrected chi connectivity index (χ1v) is 5.24. The van der Waals surface area contributed by atoms with E-state index in [4.69, 9.17) is 4.74 Å². The first kappa shape index (κ1) is 13.5. The van der Waals surface area contributed by atoms with Crippen LogP contribution >= 0.6 is 0 Å². The van der Waals surface area contributed by atoms with Crippen LogP contribution in [0.4, 0.5) is 0 Å². The van der Waals surface area contributed by atoms with E-state index in [0.717, 1.165) is 6.42 Å². The summed E-state index contributed by atoms with van der Waals surface area (Å²) in [6.07, 6.45) is 1.45. The van der Waals surface area contributed by atoms with E-state index < -0.39 is 0 Å². The van der Waals surface area contributed by atoms with Gasteiger partial charge in [-0.15, -0.1) is 0 Å². The average molecular weight is 199 g/mol. The van der Waals surface area contributed by atoms with Gasteiger partial charge in [-0.05, 0) is 39.0 Å². The monoisotopic (exact) mass is 199 g/mol. The van der Waals surface area contributed by atoms with Crippen molar-refractivity contribution in [3.05, 3.63) is 5.92 Å². The summed E-state index contributed by atoms with van der Waals surface area (Å²) in [7, 11) is 0. The maximum absolute atomic E-state index is 11.4. The lowest BCUT2D eigenvalue weighted by Gasteiger charge is -2.21. The molecule has 2 nitrogen and oxygen atoms in total. The molecule has 0 atom stereocenters. The fourth-order valence-electron chi connectivity index (χ4n) is 1.39. The van der Waals surface area contributed by atoms with Crippen molar-refractivity contribution in [1.82, 2.24) is 0 Å². The SMILES string of the molecule is C[C](CC(=O)OC(C)(C)C)CC(C)C. The van der Waals surface area contributed by atoms with Gasteiger partial charge < -0.3 is 4.74 Å². The first-order valence-electron chi connectivity index (χ1n) is 5.24. The Morgan fingerprint density at radius 2 is 1.79 bits per heavy atom. The molecular formula is C12H23O2. The summed E-state index contributed by atoms with van der Waals surface area (Å²) in [6, 6.07) is 0. The molecule has 0 spiro atoms. The summed E-state index contributed by atoms with van der Waals surface area (Å²) in [5.41, 5.74) is -0.366. The minimum atomic E-state index is -0.366. The standard InChI is InChI=1S/C12H23O2/c1-9(2)7-10(3)8-11(13)14-12(4,5)6/h9H,7-8H2,1-6H3. The van der Waals surface area contributed by atoms with Crippen LogP contribution in [0.1, 0.15) is 54.4 Å². The smallest absolute Gasteiger partial charge is 0.306 e. The molecular weight excluding hydrogens is 176 g/mol. The Morgan fingerprint density at radius 3 is 2.14 bits per heavy atom. The number of ether oxygens (including phenoxy) is 1. The van der Waals surface area contributed by atoms with Gasteiger partial charge in [-0.3, -0.25) is 4.79 Å².